The summed E-state index contributed by atoms with van der Waals surface area (Å²) in [6.45, 7) is 4.33. The molecule has 55 heavy (non-hydrogen) atoms. The molecule has 288 valence electrons. The number of pyridine rings is 1. The van der Waals surface area contributed by atoms with Crippen molar-refractivity contribution in [3.63, 3.8) is 0 Å². The van der Waals surface area contributed by atoms with Crippen LogP contribution in [-0.2, 0) is 16.1 Å². The number of aromatic nitrogens is 1. The number of nitrogens with one attached hydrogen (secondary N) is 4. The Hall–Kier alpha value is -5.49. The fraction of sp³-hybridized carbons (Fsp3) is 0.341. The van der Waals surface area contributed by atoms with Crippen molar-refractivity contribution in [2.75, 3.05) is 44.6 Å². The number of carbonyl (C=O) groups excluding carboxylic acids is 2. The van der Waals surface area contributed by atoms with Gasteiger partial charge in [-0.1, -0.05) is 91.3 Å². The lowest BCUT2D eigenvalue weighted by Gasteiger charge is -2.31. The van der Waals surface area contributed by atoms with Crippen LogP contribution >= 0.6 is 0 Å². The molecule has 1 fully saturated rings. The molecule has 4 aromatic carbocycles. The summed E-state index contributed by atoms with van der Waals surface area (Å²) < 4.78 is 11.8. The maximum absolute atomic E-state index is 12.7. The zero-order valence-corrected chi connectivity index (χ0v) is 31.2. The highest BCUT2D eigenvalue weighted by atomic mass is 16.6. The zero-order chi connectivity index (χ0) is 38.2. The lowest BCUT2D eigenvalue weighted by molar-refractivity contribution is -0.121. The van der Waals surface area contributed by atoms with Gasteiger partial charge in [0, 0.05) is 56.2 Å². The summed E-state index contributed by atoms with van der Waals surface area (Å²) in [5.41, 5.74) is 4.76. The van der Waals surface area contributed by atoms with Crippen LogP contribution in [0.4, 0.5) is 10.5 Å². The first-order valence-corrected chi connectivity index (χ1v) is 19.3. The number of hydrogen-bond donors (Lipinski definition) is 5. The van der Waals surface area contributed by atoms with Crippen molar-refractivity contribution in [1.29, 1.82) is 0 Å². The molecule has 5 N–H and O–H groups in total. The van der Waals surface area contributed by atoms with Crippen LogP contribution in [0.5, 0.6) is 5.75 Å². The summed E-state index contributed by atoms with van der Waals surface area (Å²) >= 11 is 0. The third-order valence-corrected chi connectivity index (χ3v) is 9.89. The van der Waals surface area contributed by atoms with Gasteiger partial charge in [0.2, 0.25) is 11.5 Å². The number of carbonyl (C=O) groups is 2. The maximum Gasteiger partial charge on any atom is 0.411 e. The SMILES string of the molecule is O=C(CCN1CCC(OC(=O)Nc2ccccc2-c2ccccc2)CC1)NCCCCCNC[C@H](O)c1ccc(OCc2ccccc2)c2[nH]c(=O)ccc12. The number of benzene rings is 4. The molecule has 0 spiro atoms. The number of para-hydroxylation sites is 1. The molecular weight excluding hydrogens is 695 g/mol. The third kappa shape index (κ3) is 11.7. The molecule has 0 unspecified atom stereocenters. The van der Waals surface area contributed by atoms with Crippen molar-refractivity contribution in [3.8, 4) is 16.9 Å². The van der Waals surface area contributed by atoms with Crippen molar-refractivity contribution in [1.82, 2.24) is 20.5 Å². The Labute approximate surface area is 322 Å². The van der Waals surface area contributed by atoms with E-state index < -0.39 is 12.2 Å². The van der Waals surface area contributed by atoms with E-state index in [1.165, 1.54) is 6.07 Å². The first-order chi connectivity index (χ1) is 26.9. The number of nitrogens with zero attached hydrogens (tertiary/aromatic N) is 1. The smallest absolute Gasteiger partial charge is 0.411 e. The van der Waals surface area contributed by atoms with Crippen LogP contribution in [0.15, 0.2) is 114 Å². The maximum atomic E-state index is 12.7. The van der Waals surface area contributed by atoms with Gasteiger partial charge in [-0.15, -0.1) is 0 Å². The Bertz CT molecular complexity index is 2030. The van der Waals surface area contributed by atoms with Gasteiger partial charge in [0.05, 0.1) is 17.3 Å². The van der Waals surface area contributed by atoms with Gasteiger partial charge in [-0.05, 0) is 67.1 Å². The third-order valence-electron chi connectivity index (χ3n) is 9.89. The number of unbranched alkanes of at least 4 members (excludes halogenated alkanes) is 2. The minimum Gasteiger partial charge on any atom is -0.487 e. The van der Waals surface area contributed by atoms with Crippen LogP contribution < -0.4 is 26.2 Å². The second-order valence-corrected chi connectivity index (χ2v) is 13.9. The fourth-order valence-electron chi connectivity index (χ4n) is 6.87. The van der Waals surface area contributed by atoms with Crippen LogP contribution in [0.2, 0.25) is 0 Å². The normalized spacial score (nSPS) is 14.0. The molecule has 2 heterocycles. The predicted octanol–water partition coefficient (Wildman–Crippen LogP) is 6.79. The monoisotopic (exact) mass is 745 g/mol. The average molecular weight is 746 g/mol. The van der Waals surface area contributed by atoms with Gasteiger partial charge in [0.15, 0.2) is 0 Å². The Morgan fingerprint density at radius 2 is 1.56 bits per heavy atom. The van der Waals surface area contributed by atoms with E-state index in [0.717, 1.165) is 79.4 Å². The lowest BCUT2D eigenvalue weighted by Crippen LogP contribution is -2.40. The second kappa shape index (κ2) is 20.3. The second-order valence-electron chi connectivity index (χ2n) is 13.9. The first-order valence-electron chi connectivity index (χ1n) is 19.3. The highest BCUT2D eigenvalue weighted by molar-refractivity contribution is 5.91. The molecular formula is C44H51N5O6. The van der Waals surface area contributed by atoms with Crippen LogP contribution in [0.25, 0.3) is 22.0 Å². The van der Waals surface area contributed by atoms with Crippen LogP contribution in [0.3, 0.4) is 0 Å². The molecule has 0 bridgehead atoms. The summed E-state index contributed by atoms with van der Waals surface area (Å²) in [4.78, 5) is 42.5. The molecule has 1 aliphatic rings. The molecule has 1 aromatic heterocycles. The standard InChI is InChI=1S/C44H51N5O6/c50-39(36-18-20-40(43-37(36)19-21-42(52)48-43)54-31-32-12-4-1-5-13-32)30-45-25-10-3-11-26-46-41(51)24-29-49-27-22-34(23-28-49)55-44(53)47-38-17-9-8-16-35(38)33-14-6-2-7-15-33/h1-2,4-9,12-21,34,39,45,50H,3,10-11,22-31H2,(H,46,51)(H,47,53)(H,48,52)/t39-/m0/s1. The largest absolute Gasteiger partial charge is 0.487 e. The highest BCUT2D eigenvalue weighted by Crippen LogP contribution is 2.31. The van der Waals surface area contributed by atoms with Gasteiger partial charge < -0.3 is 35.1 Å². The number of aromatic amines is 1. The Balaban J connectivity index is 0.815. The number of anilines is 1. The van der Waals surface area contributed by atoms with Crippen LogP contribution in [0, 0.1) is 0 Å². The minimum absolute atomic E-state index is 0.0427. The molecule has 0 aliphatic carbocycles. The number of piperidine rings is 1. The van der Waals surface area contributed by atoms with E-state index in [4.69, 9.17) is 9.47 Å². The van der Waals surface area contributed by atoms with Crippen molar-refractivity contribution >= 4 is 28.6 Å². The van der Waals surface area contributed by atoms with E-state index in [1.807, 2.05) is 91.0 Å². The van der Waals surface area contributed by atoms with Crippen LogP contribution in [-0.4, -0.2) is 72.4 Å². The van der Waals surface area contributed by atoms with Crippen LogP contribution in [0.1, 0.15) is 55.8 Å². The molecule has 11 nitrogen and oxygen atoms in total. The van der Waals surface area contributed by atoms with E-state index in [2.05, 4.69) is 25.8 Å². The first kappa shape index (κ1) is 39.2. The van der Waals surface area contributed by atoms with Crippen molar-refractivity contribution < 1.29 is 24.2 Å². The molecule has 5 aromatic rings. The summed E-state index contributed by atoms with van der Waals surface area (Å²) in [6.07, 6.45) is 3.26. The number of aliphatic hydroxyl groups is 1. The van der Waals surface area contributed by atoms with E-state index in [0.29, 0.717) is 49.6 Å². The number of rotatable bonds is 18. The molecule has 11 heteroatoms. The molecule has 1 atom stereocenters. The van der Waals surface area contributed by atoms with Crippen molar-refractivity contribution in [2.24, 2.45) is 0 Å². The number of ether oxygens (including phenoxy) is 2. The van der Waals surface area contributed by atoms with Crippen molar-refractivity contribution in [2.45, 2.75) is 57.3 Å². The average Bonchev–Trinajstić information content (AvgIpc) is 3.21. The Morgan fingerprint density at radius 3 is 2.36 bits per heavy atom. The summed E-state index contributed by atoms with van der Waals surface area (Å²) in [5.74, 6) is 0.601. The van der Waals surface area contributed by atoms with E-state index in [-0.39, 0.29) is 17.6 Å². The molecule has 0 saturated carbocycles. The topological polar surface area (TPSA) is 145 Å². The molecule has 0 radical (unpaired) electrons. The molecule has 2 amide bonds. The van der Waals surface area contributed by atoms with Gasteiger partial charge in [0.25, 0.3) is 0 Å². The van der Waals surface area contributed by atoms with Gasteiger partial charge >= 0.3 is 6.09 Å². The molecule has 1 saturated heterocycles. The molecule has 1 aliphatic heterocycles. The zero-order valence-electron chi connectivity index (χ0n) is 31.2. The highest BCUT2D eigenvalue weighted by Gasteiger charge is 2.23. The number of fused-ring (bicyclic) bond motifs is 1. The lowest BCUT2D eigenvalue weighted by atomic mass is 10.0. The van der Waals surface area contributed by atoms with E-state index in [9.17, 15) is 19.5 Å². The molecule has 6 rings (SSSR count). The van der Waals surface area contributed by atoms with Gasteiger partial charge in [0.1, 0.15) is 18.5 Å². The Kier molecular flexibility index (Phi) is 14.4. The Morgan fingerprint density at radius 1 is 0.836 bits per heavy atom. The fourth-order valence-corrected chi connectivity index (χ4v) is 6.87. The summed E-state index contributed by atoms with van der Waals surface area (Å²) in [6, 6.07) is 34.3. The predicted molar refractivity (Wildman–Crippen MR) is 216 cm³/mol. The van der Waals surface area contributed by atoms with Gasteiger partial charge in [-0.25, -0.2) is 4.79 Å². The number of likely N-dealkylation sites (tertiary alicyclic amines) is 1. The summed E-state index contributed by atoms with van der Waals surface area (Å²) in [7, 11) is 0. The quantitative estimate of drug-likeness (QED) is 0.0618. The van der Waals surface area contributed by atoms with E-state index in [1.54, 1.807) is 12.1 Å². The number of hydrogen-bond acceptors (Lipinski definition) is 8. The van der Waals surface area contributed by atoms with Crippen molar-refractivity contribution in [3.05, 3.63) is 131 Å². The number of amides is 2. The van der Waals surface area contributed by atoms with Gasteiger partial charge in [-0.2, -0.15) is 0 Å². The number of H-pyrrole nitrogens is 1. The van der Waals surface area contributed by atoms with E-state index >= 15 is 0 Å². The summed E-state index contributed by atoms with van der Waals surface area (Å²) in [5, 5.41) is 21.0. The number of aliphatic hydroxyl groups excluding tert-OH is 1. The minimum atomic E-state index is -0.762. The van der Waals surface area contributed by atoms with Gasteiger partial charge in [-0.3, -0.25) is 14.9 Å².